The Labute approximate surface area is 199 Å². The molecule has 1 aromatic carbocycles. The molecule has 3 aromatic rings. The number of carbonyl (C=O) groups is 1. The van der Waals surface area contributed by atoms with Crippen molar-refractivity contribution in [3.05, 3.63) is 53.7 Å². The number of hydrogen-bond donors (Lipinski definition) is 1. The molecule has 1 N–H and O–H groups in total. The highest BCUT2D eigenvalue weighted by Gasteiger charge is 2.33. The highest BCUT2D eigenvalue weighted by atomic mass is 19.4. The minimum Gasteiger partial charge on any atom is -0.471 e. The number of carbonyl (C=O) groups excluding carboxylic acids is 1. The van der Waals surface area contributed by atoms with E-state index < -0.39 is 23.4 Å². The van der Waals surface area contributed by atoms with Gasteiger partial charge in [0.2, 0.25) is 0 Å². The number of fused-ring (bicyclic) bond motifs is 1. The number of halogens is 4. The van der Waals surface area contributed by atoms with Crippen molar-refractivity contribution in [2.45, 2.75) is 50.9 Å². The molecule has 0 unspecified atom stereocenters. The average Bonchev–Trinajstić information content (AvgIpc) is 3.56. The first kappa shape index (κ1) is 24.5. The Hall–Kier alpha value is -3.63. The van der Waals surface area contributed by atoms with E-state index in [-0.39, 0.29) is 6.04 Å². The number of alkyl halides is 3. The molecule has 1 fully saturated rings. The van der Waals surface area contributed by atoms with Crippen LogP contribution in [0.3, 0.4) is 0 Å². The fourth-order valence-corrected chi connectivity index (χ4v) is 3.82. The molecule has 7 nitrogen and oxygen atoms in total. The Bertz CT molecular complexity index is 1210. The van der Waals surface area contributed by atoms with E-state index in [0.29, 0.717) is 42.5 Å². The van der Waals surface area contributed by atoms with Crippen molar-refractivity contribution in [3.63, 3.8) is 0 Å². The van der Waals surface area contributed by atoms with Crippen LogP contribution in [-0.4, -0.2) is 34.4 Å². The number of nitrogens with zero attached hydrogens (tertiary/aromatic N) is 3. The van der Waals surface area contributed by atoms with E-state index in [2.05, 4.69) is 27.1 Å². The standard InChI is InChI=1S/C22H20F4N4O.C2H4O2/c1-12-2-5-17-19(29-12)7-6-16(13-9-28-30(11-13)15-3-4-15)20(17)31-21-18(23)8-14(10-27-21)22(24,25)26;1-4-2-3/h6-12,15,29H,2-5H2,1H3;2H,1H3/t12-;/m0./s1. The first-order valence-electron chi connectivity index (χ1n) is 11.0. The SMILES string of the molecule is COC=O.C[C@H]1CCc2c(ccc(-c3cnn(C4CC4)c3)c2Oc2ncc(C(F)(F)F)cc2F)N1. The van der Waals surface area contributed by atoms with Crippen LogP contribution in [0.1, 0.15) is 43.4 Å². The molecule has 11 heteroatoms. The average molecular weight is 492 g/mol. The number of aromatic nitrogens is 3. The van der Waals surface area contributed by atoms with Gasteiger partial charge in [-0.3, -0.25) is 9.48 Å². The number of ether oxygens (including phenoxy) is 2. The second-order valence-electron chi connectivity index (χ2n) is 8.44. The van der Waals surface area contributed by atoms with Gasteiger partial charge >= 0.3 is 6.18 Å². The number of anilines is 1. The maximum atomic E-state index is 14.5. The van der Waals surface area contributed by atoms with Crippen molar-refractivity contribution in [1.82, 2.24) is 14.8 Å². The Morgan fingerprint density at radius 2 is 1.94 bits per heavy atom. The summed E-state index contributed by atoms with van der Waals surface area (Å²) in [5.41, 5.74) is 2.04. The molecule has 1 atom stereocenters. The Morgan fingerprint density at radius 3 is 2.57 bits per heavy atom. The van der Waals surface area contributed by atoms with E-state index in [1.807, 2.05) is 23.0 Å². The van der Waals surface area contributed by atoms with E-state index >= 15 is 0 Å². The lowest BCUT2D eigenvalue weighted by Gasteiger charge is -2.27. The normalized spacial score (nSPS) is 16.9. The van der Waals surface area contributed by atoms with E-state index in [1.165, 1.54) is 7.11 Å². The van der Waals surface area contributed by atoms with E-state index in [1.54, 1.807) is 6.20 Å². The summed E-state index contributed by atoms with van der Waals surface area (Å²) < 4.78 is 64.7. The first-order chi connectivity index (χ1) is 16.7. The molecule has 0 amide bonds. The van der Waals surface area contributed by atoms with E-state index in [4.69, 9.17) is 9.53 Å². The number of methoxy groups -OCH3 is 1. The van der Waals surface area contributed by atoms with Crippen molar-refractivity contribution in [2.24, 2.45) is 0 Å². The third kappa shape index (κ3) is 5.55. The van der Waals surface area contributed by atoms with Crippen molar-refractivity contribution < 1.29 is 31.8 Å². The van der Waals surface area contributed by atoms with E-state index in [0.717, 1.165) is 36.1 Å². The third-order valence-corrected chi connectivity index (χ3v) is 5.75. The zero-order valence-corrected chi connectivity index (χ0v) is 19.1. The minimum atomic E-state index is -4.68. The molecule has 2 aliphatic rings. The van der Waals surface area contributed by atoms with Gasteiger partial charge < -0.3 is 14.8 Å². The van der Waals surface area contributed by atoms with Crippen LogP contribution in [-0.2, 0) is 22.1 Å². The molecule has 186 valence electrons. The van der Waals surface area contributed by atoms with Crippen molar-refractivity contribution in [2.75, 3.05) is 12.4 Å². The summed E-state index contributed by atoms with van der Waals surface area (Å²) in [4.78, 5) is 12.6. The number of nitrogens with one attached hydrogen (secondary N) is 1. The van der Waals surface area contributed by atoms with Crippen LogP contribution >= 0.6 is 0 Å². The van der Waals surface area contributed by atoms with E-state index in [9.17, 15) is 17.6 Å². The van der Waals surface area contributed by atoms with Gasteiger partial charge in [0.15, 0.2) is 5.82 Å². The summed E-state index contributed by atoms with van der Waals surface area (Å²) in [6, 6.07) is 4.87. The summed E-state index contributed by atoms with van der Waals surface area (Å²) in [6.45, 7) is 2.44. The van der Waals surface area contributed by atoms with Crippen LogP contribution in [0, 0.1) is 5.82 Å². The molecule has 1 aliphatic carbocycles. The van der Waals surface area contributed by atoms with Gasteiger partial charge in [0.05, 0.1) is 24.9 Å². The van der Waals surface area contributed by atoms with Crippen molar-refractivity contribution in [3.8, 4) is 22.8 Å². The highest BCUT2D eigenvalue weighted by molar-refractivity contribution is 5.77. The second-order valence-corrected chi connectivity index (χ2v) is 8.44. The van der Waals surface area contributed by atoms with Gasteiger partial charge in [-0.15, -0.1) is 0 Å². The molecule has 0 spiro atoms. The van der Waals surface area contributed by atoms with Gasteiger partial charge in [-0.05, 0) is 50.8 Å². The summed E-state index contributed by atoms with van der Waals surface area (Å²) in [6.07, 6.45) is 3.24. The number of hydrogen-bond acceptors (Lipinski definition) is 6. The number of benzene rings is 1. The third-order valence-electron chi connectivity index (χ3n) is 5.75. The van der Waals surface area contributed by atoms with Crippen LogP contribution in [0.5, 0.6) is 11.6 Å². The predicted octanol–water partition coefficient (Wildman–Crippen LogP) is 5.77. The van der Waals surface area contributed by atoms with Gasteiger partial charge in [-0.2, -0.15) is 18.3 Å². The molecule has 35 heavy (non-hydrogen) atoms. The lowest BCUT2D eigenvalue weighted by molar-refractivity contribution is -0.138. The Kier molecular flexibility index (Phi) is 6.95. The Morgan fingerprint density at radius 1 is 1.20 bits per heavy atom. The van der Waals surface area contributed by atoms with Crippen LogP contribution < -0.4 is 10.1 Å². The lowest BCUT2D eigenvalue weighted by atomic mass is 9.94. The zero-order chi connectivity index (χ0) is 25.2. The molecular formula is C24H24F4N4O3. The highest BCUT2D eigenvalue weighted by Crippen LogP contribution is 2.44. The van der Waals surface area contributed by atoms with Crippen LogP contribution in [0.25, 0.3) is 11.1 Å². The van der Waals surface area contributed by atoms with Crippen molar-refractivity contribution >= 4 is 12.2 Å². The molecule has 1 saturated carbocycles. The van der Waals surface area contributed by atoms with Gasteiger partial charge in [0.25, 0.3) is 12.4 Å². The smallest absolute Gasteiger partial charge is 0.417 e. The first-order valence-corrected chi connectivity index (χ1v) is 11.0. The number of rotatable bonds is 5. The molecular weight excluding hydrogens is 468 g/mol. The number of pyridine rings is 1. The van der Waals surface area contributed by atoms with Crippen LogP contribution in [0.15, 0.2) is 36.8 Å². The van der Waals surface area contributed by atoms with Gasteiger partial charge in [-0.25, -0.2) is 9.37 Å². The minimum absolute atomic E-state index is 0.268. The molecule has 0 radical (unpaired) electrons. The topological polar surface area (TPSA) is 78.3 Å². The second kappa shape index (κ2) is 9.93. The predicted molar refractivity (Wildman–Crippen MR) is 120 cm³/mol. The fourth-order valence-electron chi connectivity index (χ4n) is 3.82. The monoisotopic (exact) mass is 492 g/mol. The quantitative estimate of drug-likeness (QED) is 0.360. The zero-order valence-electron chi connectivity index (χ0n) is 19.1. The van der Waals surface area contributed by atoms with Gasteiger partial charge in [-0.1, -0.05) is 0 Å². The summed E-state index contributed by atoms with van der Waals surface area (Å²) in [5.74, 6) is -1.27. The van der Waals surface area contributed by atoms with Crippen molar-refractivity contribution in [1.29, 1.82) is 0 Å². The Balaban J connectivity index is 0.000000672. The summed E-state index contributed by atoms with van der Waals surface area (Å²) in [5, 5.41) is 7.79. The molecule has 5 rings (SSSR count). The van der Waals surface area contributed by atoms with Crippen LogP contribution in [0.2, 0.25) is 0 Å². The molecule has 2 aromatic heterocycles. The summed E-state index contributed by atoms with van der Waals surface area (Å²) >= 11 is 0. The van der Waals surface area contributed by atoms with Gasteiger partial charge in [0, 0.05) is 40.8 Å². The van der Waals surface area contributed by atoms with Crippen LogP contribution in [0.4, 0.5) is 23.2 Å². The molecule has 0 saturated heterocycles. The van der Waals surface area contributed by atoms with Gasteiger partial charge in [0.1, 0.15) is 5.75 Å². The fraction of sp³-hybridized carbons (Fsp3) is 0.375. The maximum Gasteiger partial charge on any atom is 0.417 e. The maximum absolute atomic E-state index is 14.5. The molecule has 3 heterocycles. The largest absolute Gasteiger partial charge is 0.471 e. The summed E-state index contributed by atoms with van der Waals surface area (Å²) in [7, 11) is 1.31. The lowest BCUT2D eigenvalue weighted by Crippen LogP contribution is -2.22. The molecule has 0 bridgehead atoms. The molecule has 1 aliphatic heterocycles.